The lowest BCUT2D eigenvalue weighted by Crippen LogP contribution is -2.69. The first-order chi connectivity index (χ1) is 9.31. The Kier molecular flexibility index (Phi) is 5.13. The minimum absolute atomic E-state index is 0.0256. The summed E-state index contributed by atoms with van der Waals surface area (Å²) in [6.45, 7) is 0. The van der Waals surface area contributed by atoms with Gasteiger partial charge in [0, 0.05) is 15.9 Å². The van der Waals surface area contributed by atoms with Gasteiger partial charge >= 0.3 is 35.8 Å². The van der Waals surface area contributed by atoms with Crippen LogP contribution in [0.5, 0.6) is 0 Å². The molecule has 0 bridgehead atoms. The molecule has 14 heteroatoms. The summed E-state index contributed by atoms with van der Waals surface area (Å²) in [6, 6.07) is 0. The van der Waals surface area contributed by atoms with Crippen molar-refractivity contribution in [2.45, 2.75) is 35.8 Å². The molecular formula is C8BrF13. The Hall–Kier alpha value is -0.870. The number of hydrogen-bond acceptors (Lipinski definition) is 0. The van der Waals surface area contributed by atoms with Crippen LogP contribution in [0, 0.1) is 10.8 Å². The second kappa shape index (κ2) is 5.34. The first-order valence-electron chi connectivity index (χ1n) is 4.40. The molecule has 0 aliphatic rings. The van der Waals surface area contributed by atoms with Gasteiger partial charge in [-0.25, -0.2) is 0 Å². The van der Waals surface area contributed by atoms with E-state index in [1.807, 2.05) is 0 Å². The quantitative estimate of drug-likeness (QED) is 0.437. The summed E-state index contributed by atoms with van der Waals surface area (Å²) in [7, 11) is 0. The largest absolute Gasteiger partial charge is 0.460 e. The molecule has 0 aromatic rings. The molecule has 0 nitrogen and oxygen atoms in total. The minimum atomic E-state index is -7.89. The molecule has 0 aliphatic carbocycles. The maximum Gasteiger partial charge on any atom is 0.460 e. The molecule has 130 valence electrons. The van der Waals surface area contributed by atoms with Crippen molar-refractivity contribution >= 4 is 15.9 Å². The zero-order valence-electron chi connectivity index (χ0n) is 9.29. The molecule has 0 saturated carbocycles. The average molecular weight is 423 g/mol. The maximum absolute atomic E-state index is 12.8. The van der Waals surface area contributed by atoms with Gasteiger partial charge in [-0.2, -0.15) is 57.1 Å². The normalized spacial score (nSPS) is 15.4. The van der Waals surface area contributed by atoms with Gasteiger partial charge in [-0.05, 0) is 10.8 Å². The van der Waals surface area contributed by atoms with Crippen LogP contribution in [0.25, 0.3) is 0 Å². The third kappa shape index (κ3) is 2.71. The van der Waals surface area contributed by atoms with Crippen molar-refractivity contribution in [3.8, 4) is 10.8 Å². The van der Waals surface area contributed by atoms with Crippen molar-refractivity contribution in [1.82, 2.24) is 0 Å². The molecule has 0 aliphatic heterocycles. The van der Waals surface area contributed by atoms with Crippen LogP contribution < -0.4 is 0 Å². The minimum Gasteiger partial charge on any atom is -0.192 e. The van der Waals surface area contributed by atoms with E-state index in [1.165, 1.54) is 0 Å². The van der Waals surface area contributed by atoms with Crippen LogP contribution in [-0.2, 0) is 0 Å². The van der Waals surface area contributed by atoms with Crippen LogP contribution >= 0.6 is 15.9 Å². The van der Waals surface area contributed by atoms with E-state index in [2.05, 4.69) is 0 Å². The number of hydrogen-bond donors (Lipinski definition) is 0. The van der Waals surface area contributed by atoms with Crippen LogP contribution in [0.1, 0.15) is 0 Å². The fourth-order valence-electron chi connectivity index (χ4n) is 0.907. The summed E-state index contributed by atoms with van der Waals surface area (Å²) in [5, 5.41) is 0. The first-order valence-corrected chi connectivity index (χ1v) is 5.19. The van der Waals surface area contributed by atoms with Crippen molar-refractivity contribution in [3.05, 3.63) is 0 Å². The van der Waals surface area contributed by atoms with E-state index in [4.69, 9.17) is 0 Å². The molecule has 0 spiro atoms. The summed E-state index contributed by atoms with van der Waals surface area (Å²) in [6.07, 6.45) is -7.41. The van der Waals surface area contributed by atoms with Crippen molar-refractivity contribution in [1.29, 1.82) is 0 Å². The molecule has 0 saturated heterocycles. The van der Waals surface area contributed by atoms with Gasteiger partial charge in [0.2, 0.25) is 0 Å². The second-order valence-electron chi connectivity index (χ2n) is 3.59. The summed E-state index contributed by atoms with van der Waals surface area (Å²) in [4.78, 5) is 0.751. The van der Waals surface area contributed by atoms with Crippen LogP contribution in [0.2, 0.25) is 0 Å². The van der Waals surface area contributed by atoms with E-state index in [0.29, 0.717) is 0 Å². The molecule has 0 atom stereocenters. The van der Waals surface area contributed by atoms with Crippen molar-refractivity contribution in [3.63, 3.8) is 0 Å². The topological polar surface area (TPSA) is 0 Å². The monoisotopic (exact) mass is 422 g/mol. The Labute approximate surface area is 120 Å². The molecule has 0 radical (unpaired) electrons. The summed E-state index contributed by atoms with van der Waals surface area (Å²) >= 11 is 1.73. The van der Waals surface area contributed by atoms with E-state index in [0.717, 1.165) is 4.83 Å². The Morgan fingerprint density at radius 1 is 0.500 bits per heavy atom. The molecular weight excluding hydrogens is 423 g/mol. The third-order valence-electron chi connectivity index (χ3n) is 2.14. The van der Waals surface area contributed by atoms with Gasteiger partial charge in [-0.1, -0.05) is 0 Å². The van der Waals surface area contributed by atoms with Crippen molar-refractivity contribution in [2.24, 2.45) is 0 Å². The Bertz CT molecular complexity index is 476. The fourth-order valence-corrected chi connectivity index (χ4v) is 1.16. The molecule has 0 N–H and O–H groups in total. The lowest BCUT2D eigenvalue weighted by Gasteiger charge is -2.38. The van der Waals surface area contributed by atoms with E-state index < -0.39 is 35.8 Å². The summed E-state index contributed by atoms with van der Waals surface area (Å²) in [5.41, 5.74) is 0. The van der Waals surface area contributed by atoms with Gasteiger partial charge in [-0.3, -0.25) is 0 Å². The average Bonchev–Trinajstić information content (AvgIpc) is 2.26. The number of rotatable bonds is 4. The van der Waals surface area contributed by atoms with E-state index in [-0.39, 0.29) is 5.92 Å². The smallest absolute Gasteiger partial charge is 0.192 e. The lowest BCUT2D eigenvalue weighted by atomic mass is 9.94. The predicted octanol–water partition coefficient (Wildman–Crippen LogP) is 5.08. The molecule has 22 heavy (non-hydrogen) atoms. The SMILES string of the molecule is FC(F)(F)C(F)(F)C(F)(F)C(F)(F)C(F)(F)C(F)(F)C#CBr. The van der Waals surface area contributed by atoms with Gasteiger partial charge in [0.1, 0.15) is 0 Å². The zero-order valence-corrected chi connectivity index (χ0v) is 10.9. The van der Waals surface area contributed by atoms with Gasteiger partial charge in [0.15, 0.2) is 0 Å². The van der Waals surface area contributed by atoms with Crippen LogP contribution in [0.3, 0.4) is 0 Å². The fraction of sp³-hybridized carbons (Fsp3) is 0.750. The zero-order chi connectivity index (χ0) is 18.4. The van der Waals surface area contributed by atoms with E-state index in [9.17, 15) is 57.1 Å². The Morgan fingerprint density at radius 2 is 0.818 bits per heavy atom. The van der Waals surface area contributed by atoms with Crippen molar-refractivity contribution < 1.29 is 57.1 Å². The summed E-state index contributed by atoms with van der Waals surface area (Å²) < 4.78 is 161. The molecule has 0 fully saturated rings. The predicted molar refractivity (Wildman–Crippen MR) is 47.5 cm³/mol. The highest BCUT2D eigenvalue weighted by Crippen LogP contribution is 2.60. The van der Waals surface area contributed by atoms with Crippen LogP contribution in [0.4, 0.5) is 57.1 Å². The van der Waals surface area contributed by atoms with E-state index >= 15 is 0 Å². The second-order valence-corrected chi connectivity index (χ2v) is 3.99. The maximum atomic E-state index is 12.8. The molecule has 0 rings (SSSR count). The van der Waals surface area contributed by atoms with Gasteiger partial charge in [0.25, 0.3) is 0 Å². The Balaban J connectivity index is 6.27. The highest BCUT2D eigenvalue weighted by Gasteiger charge is 2.90. The Morgan fingerprint density at radius 3 is 1.09 bits per heavy atom. The molecule has 0 aromatic carbocycles. The highest BCUT2D eigenvalue weighted by atomic mass is 79.9. The number of halogens is 14. The molecule has 0 heterocycles. The van der Waals surface area contributed by atoms with Gasteiger partial charge in [0.05, 0.1) is 0 Å². The molecule has 0 unspecified atom stereocenters. The summed E-state index contributed by atoms with van der Waals surface area (Å²) in [5.74, 6) is -37.1. The van der Waals surface area contributed by atoms with Gasteiger partial charge < -0.3 is 0 Å². The van der Waals surface area contributed by atoms with Crippen LogP contribution in [0.15, 0.2) is 0 Å². The van der Waals surface area contributed by atoms with Crippen molar-refractivity contribution in [2.75, 3.05) is 0 Å². The standard InChI is InChI=1S/C8BrF13/c9-2-1-3(10,11)4(12,13)5(14,15)6(16,17)7(18,19)8(20,21)22. The van der Waals surface area contributed by atoms with Crippen LogP contribution in [-0.4, -0.2) is 35.8 Å². The lowest BCUT2D eigenvalue weighted by molar-refractivity contribution is -0.435. The molecule has 0 amide bonds. The number of alkyl halides is 13. The third-order valence-corrected chi connectivity index (χ3v) is 2.34. The van der Waals surface area contributed by atoms with E-state index in [1.54, 1.807) is 15.9 Å². The molecule has 0 aromatic heterocycles. The van der Waals surface area contributed by atoms with Gasteiger partial charge in [-0.15, -0.1) is 0 Å². The highest BCUT2D eigenvalue weighted by molar-refractivity contribution is 9.12. The first kappa shape index (κ1) is 21.1.